The largest absolute Gasteiger partial charge is 0.350 e. The first-order chi connectivity index (χ1) is 11.3. The molecule has 0 atom stereocenters. The quantitative estimate of drug-likeness (QED) is 0.688. The zero-order chi connectivity index (χ0) is 17.1. The Kier molecular flexibility index (Phi) is 9.34. The minimum Gasteiger partial charge on any atom is -0.350 e. The summed E-state index contributed by atoms with van der Waals surface area (Å²) in [5.41, 5.74) is 0.714. The molecule has 1 amide bonds. The van der Waals surface area contributed by atoms with Crippen molar-refractivity contribution in [3.05, 3.63) is 29.9 Å². The third-order valence-corrected chi connectivity index (χ3v) is 3.93. The lowest BCUT2D eigenvalue weighted by atomic mass is 10.2. The van der Waals surface area contributed by atoms with Crippen LogP contribution >= 0.6 is 0 Å². The molecular formula is C19H33N3O. The third-order valence-electron chi connectivity index (χ3n) is 3.93. The van der Waals surface area contributed by atoms with Crippen LogP contribution in [-0.2, 0) is 13.0 Å². The number of hydrogen-bond acceptors (Lipinski definition) is 2. The number of carbonyl (C=O) groups excluding carboxylic acids is 1. The van der Waals surface area contributed by atoms with Gasteiger partial charge in [0.25, 0.3) is 5.91 Å². The first-order valence-corrected chi connectivity index (χ1v) is 9.20. The fraction of sp³-hybridized carbons (Fsp3) is 0.684. The lowest BCUT2D eigenvalue weighted by Gasteiger charge is -2.11. The standard InChI is InChI=1S/C17H27N3O.C2H6/c1-3-5-7-11-20-15(13-18-16(20)8-6-4-2)17(21)19-12-14-9-10-14;1-2/h3,5,13-14H,4,6-12H2,1-2H3,(H,19,21);1-2H3/b5-3-;. The normalized spacial score (nSPS) is 13.7. The summed E-state index contributed by atoms with van der Waals surface area (Å²) in [4.78, 5) is 16.8. The average molecular weight is 319 g/mol. The Bertz CT molecular complexity index is 487. The van der Waals surface area contributed by atoms with Crippen LogP contribution in [0.25, 0.3) is 0 Å². The summed E-state index contributed by atoms with van der Waals surface area (Å²) < 4.78 is 2.10. The number of allylic oxidation sites excluding steroid dienone is 2. The third kappa shape index (κ3) is 6.59. The van der Waals surface area contributed by atoms with Crippen molar-refractivity contribution in [3.63, 3.8) is 0 Å². The maximum absolute atomic E-state index is 12.3. The molecule has 0 aliphatic heterocycles. The van der Waals surface area contributed by atoms with E-state index in [-0.39, 0.29) is 5.91 Å². The smallest absolute Gasteiger partial charge is 0.269 e. The maximum Gasteiger partial charge on any atom is 0.269 e. The zero-order valence-electron chi connectivity index (χ0n) is 15.3. The molecule has 1 N–H and O–H groups in total. The van der Waals surface area contributed by atoms with Gasteiger partial charge in [-0.05, 0) is 38.5 Å². The van der Waals surface area contributed by atoms with Crippen molar-refractivity contribution in [2.24, 2.45) is 5.92 Å². The Morgan fingerprint density at radius 2 is 2.17 bits per heavy atom. The van der Waals surface area contributed by atoms with Gasteiger partial charge in [-0.2, -0.15) is 0 Å². The van der Waals surface area contributed by atoms with E-state index in [0.29, 0.717) is 11.6 Å². The number of nitrogens with zero attached hydrogens (tertiary/aromatic N) is 2. The Labute approximate surface area is 141 Å². The van der Waals surface area contributed by atoms with Crippen molar-refractivity contribution in [2.45, 2.75) is 72.8 Å². The van der Waals surface area contributed by atoms with Gasteiger partial charge in [-0.1, -0.05) is 39.3 Å². The van der Waals surface area contributed by atoms with Crippen LogP contribution in [-0.4, -0.2) is 22.0 Å². The van der Waals surface area contributed by atoms with Gasteiger partial charge in [-0.25, -0.2) is 4.98 Å². The van der Waals surface area contributed by atoms with Crippen molar-refractivity contribution < 1.29 is 4.79 Å². The van der Waals surface area contributed by atoms with Crippen molar-refractivity contribution >= 4 is 5.91 Å². The molecule has 1 aliphatic carbocycles. The van der Waals surface area contributed by atoms with Crippen molar-refractivity contribution in [2.75, 3.05) is 6.54 Å². The van der Waals surface area contributed by atoms with Gasteiger partial charge in [0.15, 0.2) is 0 Å². The highest BCUT2D eigenvalue weighted by Gasteiger charge is 2.23. The first kappa shape index (κ1) is 19.5. The van der Waals surface area contributed by atoms with E-state index < -0.39 is 0 Å². The molecule has 1 fully saturated rings. The van der Waals surface area contributed by atoms with Crippen LogP contribution < -0.4 is 5.32 Å². The minimum atomic E-state index is 0.0256. The fourth-order valence-corrected chi connectivity index (χ4v) is 2.40. The Morgan fingerprint density at radius 3 is 2.78 bits per heavy atom. The molecule has 1 saturated carbocycles. The second-order valence-electron chi connectivity index (χ2n) is 5.83. The number of imidazole rings is 1. The summed E-state index contributed by atoms with van der Waals surface area (Å²) in [5, 5.41) is 3.04. The minimum absolute atomic E-state index is 0.0256. The monoisotopic (exact) mass is 319 g/mol. The molecular weight excluding hydrogens is 286 g/mol. The highest BCUT2D eigenvalue weighted by molar-refractivity contribution is 5.92. The molecule has 0 unspecified atom stereocenters. The number of hydrogen-bond donors (Lipinski definition) is 1. The number of unbranched alkanes of at least 4 members (excludes halogenated alkanes) is 1. The number of aromatic nitrogens is 2. The molecule has 23 heavy (non-hydrogen) atoms. The summed E-state index contributed by atoms with van der Waals surface area (Å²) in [5.74, 6) is 1.77. The van der Waals surface area contributed by atoms with Gasteiger partial charge < -0.3 is 9.88 Å². The summed E-state index contributed by atoms with van der Waals surface area (Å²) in [7, 11) is 0. The Hall–Kier alpha value is -1.58. The molecule has 0 bridgehead atoms. The maximum atomic E-state index is 12.3. The van der Waals surface area contributed by atoms with Crippen molar-refractivity contribution in [3.8, 4) is 0 Å². The van der Waals surface area contributed by atoms with Gasteiger partial charge in [0.2, 0.25) is 0 Å². The number of carbonyl (C=O) groups is 1. The first-order valence-electron chi connectivity index (χ1n) is 9.20. The molecule has 0 aromatic carbocycles. The molecule has 1 heterocycles. The van der Waals surface area contributed by atoms with Gasteiger partial charge >= 0.3 is 0 Å². The fourth-order valence-electron chi connectivity index (χ4n) is 2.40. The topological polar surface area (TPSA) is 46.9 Å². The molecule has 130 valence electrons. The van der Waals surface area contributed by atoms with E-state index in [4.69, 9.17) is 0 Å². The van der Waals surface area contributed by atoms with E-state index in [0.717, 1.165) is 44.6 Å². The SMILES string of the molecule is C/C=C\CCn1c(C(=O)NCC2CC2)cnc1CCCC.CC. The van der Waals surface area contributed by atoms with Crippen molar-refractivity contribution in [1.82, 2.24) is 14.9 Å². The summed E-state index contributed by atoms with van der Waals surface area (Å²) in [6.07, 6.45) is 12.6. The van der Waals surface area contributed by atoms with E-state index in [9.17, 15) is 4.79 Å². The van der Waals surface area contributed by atoms with Gasteiger partial charge in [0.1, 0.15) is 11.5 Å². The van der Waals surface area contributed by atoms with E-state index in [1.165, 1.54) is 12.8 Å². The lowest BCUT2D eigenvalue weighted by Crippen LogP contribution is -2.28. The Morgan fingerprint density at radius 1 is 1.43 bits per heavy atom. The van der Waals surface area contributed by atoms with Crippen LogP contribution in [0.3, 0.4) is 0 Å². The van der Waals surface area contributed by atoms with Crippen LogP contribution in [0.1, 0.15) is 76.1 Å². The van der Waals surface area contributed by atoms with Crippen LogP contribution in [0.2, 0.25) is 0 Å². The average Bonchev–Trinajstić information content (AvgIpc) is 3.33. The van der Waals surface area contributed by atoms with Crippen LogP contribution in [0.15, 0.2) is 18.3 Å². The highest BCUT2D eigenvalue weighted by atomic mass is 16.1. The van der Waals surface area contributed by atoms with Gasteiger partial charge in [-0.15, -0.1) is 0 Å². The van der Waals surface area contributed by atoms with Crippen LogP contribution in [0.4, 0.5) is 0 Å². The molecule has 1 aromatic rings. The molecule has 4 nitrogen and oxygen atoms in total. The van der Waals surface area contributed by atoms with Crippen molar-refractivity contribution in [1.29, 1.82) is 0 Å². The van der Waals surface area contributed by atoms with Gasteiger partial charge in [-0.3, -0.25) is 4.79 Å². The molecule has 4 heteroatoms. The van der Waals surface area contributed by atoms with Crippen LogP contribution in [0.5, 0.6) is 0 Å². The predicted molar refractivity (Wildman–Crippen MR) is 96.7 cm³/mol. The molecule has 0 saturated heterocycles. The van der Waals surface area contributed by atoms with E-state index >= 15 is 0 Å². The Balaban J connectivity index is 0.00000127. The number of aryl methyl sites for hydroxylation is 1. The van der Waals surface area contributed by atoms with E-state index in [1.54, 1.807) is 6.20 Å². The lowest BCUT2D eigenvalue weighted by molar-refractivity contribution is 0.0942. The second-order valence-corrected chi connectivity index (χ2v) is 5.83. The highest BCUT2D eigenvalue weighted by Crippen LogP contribution is 2.27. The molecule has 0 spiro atoms. The van der Waals surface area contributed by atoms with Gasteiger partial charge in [0, 0.05) is 19.5 Å². The zero-order valence-corrected chi connectivity index (χ0v) is 15.3. The molecule has 0 radical (unpaired) electrons. The summed E-state index contributed by atoms with van der Waals surface area (Å²) in [6.45, 7) is 9.84. The van der Waals surface area contributed by atoms with E-state index in [1.807, 2.05) is 20.8 Å². The van der Waals surface area contributed by atoms with E-state index in [2.05, 4.69) is 33.9 Å². The summed E-state index contributed by atoms with van der Waals surface area (Å²) in [6, 6.07) is 0. The second kappa shape index (κ2) is 11.0. The predicted octanol–water partition coefficient (Wildman–Crippen LogP) is 4.36. The molecule has 2 rings (SSSR count). The number of amides is 1. The number of nitrogens with one attached hydrogen (secondary N) is 1. The summed E-state index contributed by atoms with van der Waals surface area (Å²) >= 11 is 0. The van der Waals surface area contributed by atoms with Crippen LogP contribution in [0, 0.1) is 5.92 Å². The molecule has 1 aliphatic rings. The van der Waals surface area contributed by atoms with Gasteiger partial charge in [0.05, 0.1) is 6.20 Å². The number of rotatable bonds is 9. The molecule has 1 aromatic heterocycles.